The Hall–Kier alpha value is -2.32. The molecule has 2 atom stereocenters. The Balaban J connectivity index is 1.81. The first-order valence-corrected chi connectivity index (χ1v) is 6.54. The SMILES string of the molecule is C[C@H](NCC(O)Cn1cc([N+](=O)[O-])cn1)c1cccnc1. The van der Waals surface area contributed by atoms with Crippen molar-refractivity contribution < 1.29 is 10.0 Å². The van der Waals surface area contributed by atoms with E-state index in [4.69, 9.17) is 0 Å². The quantitative estimate of drug-likeness (QED) is 0.580. The molecule has 1 unspecified atom stereocenters. The number of aliphatic hydroxyl groups is 1. The van der Waals surface area contributed by atoms with Crippen LogP contribution in [0, 0.1) is 10.1 Å². The molecular weight excluding hydrogens is 274 g/mol. The Labute approximate surface area is 121 Å². The van der Waals surface area contributed by atoms with Crippen LogP contribution in [-0.4, -0.2) is 37.4 Å². The van der Waals surface area contributed by atoms with Crippen LogP contribution in [0.25, 0.3) is 0 Å². The van der Waals surface area contributed by atoms with Gasteiger partial charge in [-0.25, -0.2) is 0 Å². The first-order chi connectivity index (χ1) is 10.1. The van der Waals surface area contributed by atoms with Crippen LogP contribution in [0.5, 0.6) is 0 Å². The van der Waals surface area contributed by atoms with Gasteiger partial charge in [0.2, 0.25) is 0 Å². The summed E-state index contributed by atoms with van der Waals surface area (Å²) >= 11 is 0. The summed E-state index contributed by atoms with van der Waals surface area (Å²) in [6.07, 6.45) is 5.24. The molecule has 21 heavy (non-hydrogen) atoms. The van der Waals surface area contributed by atoms with Gasteiger partial charge in [0.15, 0.2) is 0 Å². The average Bonchev–Trinajstić information content (AvgIpc) is 2.94. The zero-order chi connectivity index (χ0) is 15.2. The lowest BCUT2D eigenvalue weighted by atomic mass is 10.1. The zero-order valence-electron chi connectivity index (χ0n) is 11.6. The molecule has 0 amide bonds. The molecule has 0 saturated carbocycles. The van der Waals surface area contributed by atoms with Gasteiger partial charge in [0.05, 0.1) is 17.6 Å². The fourth-order valence-electron chi connectivity index (χ4n) is 1.89. The highest BCUT2D eigenvalue weighted by Gasteiger charge is 2.13. The van der Waals surface area contributed by atoms with E-state index in [1.54, 1.807) is 12.4 Å². The third-order valence-corrected chi connectivity index (χ3v) is 3.07. The Morgan fingerprint density at radius 3 is 2.95 bits per heavy atom. The predicted molar refractivity (Wildman–Crippen MR) is 75.5 cm³/mol. The van der Waals surface area contributed by atoms with Crippen molar-refractivity contribution in [3.8, 4) is 0 Å². The predicted octanol–water partition coefficient (Wildman–Crippen LogP) is 0.898. The van der Waals surface area contributed by atoms with Gasteiger partial charge in [-0.1, -0.05) is 6.07 Å². The van der Waals surface area contributed by atoms with Crippen molar-refractivity contribution in [2.75, 3.05) is 6.54 Å². The smallest absolute Gasteiger partial charge is 0.306 e. The van der Waals surface area contributed by atoms with Crippen LogP contribution in [0.3, 0.4) is 0 Å². The molecule has 0 spiro atoms. The monoisotopic (exact) mass is 291 g/mol. The Morgan fingerprint density at radius 2 is 2.33 bits per heavy atom. The van der Waals surface area contributed by atoms with Crippen LogP contribution in [0.4, 0.5) is 5.69 Å². The van der Waals surface area contributed by atoms with Crippen molar-refractivity contribution in [1.82, 2.24) is 20.1 Å². The first kappa shape index (κ1) is 15.1. The maximum atomic E-state index is 10.5. The minimum Gasteiger partial charge on any atom is -0.390 e. The van der Waals surface area contributed by atoms with Gasteiger partial charge in [-0.15, -0.1) is 0 Å². The minimum atomic E-state index is -0.691. The maximum Gasteiger partial charge on any atom is 0.306 e. The van der Waals surface area contributed by atoms with Crippen LogP contribution in [0.15, 0.2) is 36.9 Å². The van der Waals surface area contributed by atoms with Crippen LogP contribution in [0.2, 0.25) is 0 Å². The number of pyridine rings is 1. The van der Waals surface area contributed by atoms with E-state index < -0.39 is 11.0 Å². The average molecular weight is 291 g/mol. The molecule has 2 aromatic heterocycles. The lowest BCUT2D eigenvalue weighted by molar-refractivity contribution is -0.385. The molecule has 2 heterocycles. The molecule has 0 aromatic carbocycles. The summed E-state index contributed by atoms with van der Waals surface area (Å²) in [6, 6.07) is 3.86. The third kappa shape index (κ3) is 4.33. The summed E-state index contributed by atoms with van der Waals surface area (Å²) in [5.74, 6) is 0. The topological polar surface area (TPSA) is 106 Å². The van der Waals surface area contributed by atoms with Gasteiger partial charge in [0.25, 0.3) is 0 Å². The lowest BCUT2D eigenvalue weighted by Crippen LogP contribution is -2.32. The van der Waals surface area contributed by atoms with Crippen molar-refractivity contribution in [3.05, 3.63) is 52.6 Å². The molecule has 0 bridgehead atoms. The lowest BCUT2D eigenvalue weighted by Gasteiger charge is -2.17. The second-order valence-electron chi connectivity index (χ2n) is 4.75. The van der Waals surface area contributed by atoms with E-state index in [-0.39, 0.29) is 18.3 Å². The Kier molecular flexibility index (Phi) is 4.96. The van der Waals surface area contributed by atoms with E-state index in [1.165, 1.54) is 17.1 Å². The molecule has 8 heteroatoms. The molecule has 8 nitrogen and oxygen atoms in total. The van der Waals surface area contributed by atoms with Crippen LogP contribution in [0.1, 0.15) is 18.5 Å². The summed E-state index contributed by atoms with van der Waals surface area (Å²) in [6.45, 7) is 2.52. The molecule has 2 aromatic rings. The van der Waals surface area contributed by atoms with Crippen LogP contribution in [-0.2, 0) is 6.54 Å². The highest BCUT2D eigenvalue weighted by molar-refractivity contribution is 5.20. The van der Waals surface area contributed by atoms with Gasteiger partial charge in [-0.2, -0.15) is 5.10 Å². The van der Waals surface area contributed by atoms with E-state index in [0.717, 1.165) is 5.56 Å². The fourth-order valence-corrected chi connectivity index (χ4v) is 1.89. The van der Waals surface area contributed by atoms with E-state index >= 15 is 0 Å². The summed E-state index contributed by atoms with van der Waals surface area (Å²) in [7, 11) is 0. The summed E-state index contributed by atoms with van der Waals surface area (Å²) in [4.78, 5) is 14.1. The largest absolute Gasteiger partial charge is 0.390 e. The molecule has 0 aliphatic rings. The number of aromatic nitrogens is 3. The minimum absolute atomic E-state index is 0.0558. The number of hydrogen-bond donors (Lipinski definition) is 2. The van der Waals surface area contributed by atoms with Gasteiger partial charge >= 0.3 is 5.69 Å². The van der Waals surface area contributed by atoms with Gasteiger partial charge in [0.1, 0.15) is 12.4 Å². The first-order valence-electron chi connectivity index (χ1n) is 6.54. The van der Waals surface area contributed by atoms with Crippen molar-refractivity contribution in [2.24, 2.45) is 0 Å². The molecule has 0 aliphatic heterocycles. The Morgan fingerprint density at radius 1 is 1.52 bits per heavy atom. The van der Waals surface area contributed by atoms with Crippen molar-refractivity contribution in [2.45, 2.75) is 25.6 Å². The maximum absolute atomic E-state index is 10.5. The number of rotatable bonds is 7. The van der Waals surface area contributed by atoms with Crippen molar-refractivity contribution in [1.29, 1.82) is 0 Å². The standard InChI is InChI=1S/C13H17N5O3/c1-10(11-3-2-4-14-5-11)15-7-13(19)9-17-8-12(6-16-17)18(20)21/h2-6,8,10,13,15,19H,7,9H2,1H3/t10-,13?/m0/s1. The molecule has 112 valence electrons. The second-order valence-corrected chi connectivity index (χ2v) is 4.75. The van der Waals surface area contributed by atoms with E-state index in [0.29, 0.717) is 6.54 Å². The van der Waals surface area contributed by atoms with Gasteiger partial charge in [-0.05, 0) is 18.6 Å². The van der Waals surface area contributed by atoms with Gasteiger partial charge in [0, 0.05) is 25.0 Å². The van der Waals surface area contributed by atoms with Crippen molar-refractivity contribution in [3.63, 3.8) is 0 Å². The van der Waals surface area contributed by atoms with Gasteiger partial charge < -0.3 is 10.4 Å². The van der Waals surface area contributed by atoms with Crippen LogP contribution < -0.4 is 5.32 Å². The molecule has 0 aliphatic carbocycles. The number of hydrogen-bond acceptors (Lipinski definition) is 6. The fraction of sp³-hybridized carbons (Fsp3) is 0.385. The summed E-state index contributed by atoms with van der Waals surface area (Å²) in [5, 5.41) is 27.5. The van der Waals surface area contributed by atoms with E-state index in [9.17, 15) is 15.2 Å². The molecule has 2 rings (SSSR count). The number of nitro groups is 1. The second kappa shape index (κ2) is 6.91. The highest BCUT2D eigenvalue weighted by atomic mass is 16.6. The van der Waals surface area contributed by atoms with Crippen LogP contribution >= 0.6 is 0 Å². The van der Waals surface area contributed by atoms with E-state index in [1.807, 2.05) is 19.1 Å². The molecule has 2 N–H and O–H groups in total. The summed E-state index contributed by atoms with van der Waals surface area (Å²) < 4.78 is 1.36. The van der Waals surface area contributed by atoms with Crippen molar-refractivity contribution >= 4 is 5.69 Å². The number of nitrogens with one attached hydrogen (secondary N) is 1. The Bertz CT molecular complexity index is 587. The molecule has 0 radical (unpaired) electrons. The van der Waals surface area contributed by atoms with E-state index in [2.05, 4.69) is 15.4 Å². The van der Waals surface area contributed by atoms with Gasteiger partial charge in [-0.3, -0.25) is 19.8 Å². The summed E-state index contributed by atoms with van der Waals surface area (Å²) in [5.41, 5.74) is 0.943. The zero-order valence-corrected chi connectivity index (χ0v) is 11.6. The molecule has 0 saturated heterocycles. The number of aliphatic hydroxyl groups excluding tert-OH is 1. The molecular formula is C13H17N5O3. The normalized spacial score (nSPS) is 13.8. The number of nitrogens with zero attached hydrogens (tertiary/aromatic N) is 4. The highest BCUT2D eigenvalue weighted by Crippen LogP contribution is 2.10. The molecule has 0 fully saturated rings. The third-order valence-electron chi connectivity index (χ3n) is 3.07.